The summed E-state index contributed by atoms with van der Waals surface area (Å²) in [5.74, 6) is 0.0376. The Morgan fingerprint density at radius 2 is 2.00 bits per heavy atom. The van der Waals surface area contributed by atoms with Crippen LogP contribution in [0.15, 0.2) is 18.2 Å². The number of rotatable bonds is 0. The second-order valence-electron chi connectivity index (χ2n) is 5.34. The van der Waals surface area contributed by atoms with Crippen LogP contribution in [0.3, 0.4) is 0 Å². The molecular weight excluding hydrogens is 238 g/mol. The largest absolute Gasteiger partial charge is 0.376 e. The van der Waals surface area contributed by atoms with E-state index in [2.05, 4.69) is 5.32 Å². The molecule has 1 spiro atoms. The molecule has 1 fully saturated rings. The van der Waals surface area contributed by atoms with Gasteiger partial charge in [-0.05, 0) is 37.1 Å². The van der Waals surface area contributed by atoms with Crippen molar-refractivity contribution in [2.24, 2.45) is 0 Å². The van der Waals surface area contributed by atoms with Crippen molar-refractivity contribution in [2.75, 3.05) is 13.2 Å². The van der Waals surface area contributed by atoms with Crippen molar-refractivity contribution in [3.05, 3.63) is 34.3 Å². The third-order valence-electron chi connectivity index (χ3n) is 3.79. The summed E-state index contributed by atoms with van der Waals surface area (Å²) >= 11 is 6.04. The van der Waals surface area contributed by atoms with Gasteiger partial charge in [0, 0.05) is 5.02 Å². The van der Waals surface area contributed by atoms with E-state index in [1.807, 2.05) is 32.0 Å². The smallest absolute Gasteiger partial charge is 0.230 e. The van der Waals surface area contributed by atoms with E-state index in [-0.39, 0.29) is 11.4 Å². The van der Waals surface area contributed by atoms with Gasteiger partial charge in [-0.25, -0.2) is 0 Å². The lowest BCUT2D eigenvalue weighted by Crippen LogP contribution is -2.65. The molecule has 1 saturated heterocycles. The summed E-state index contributed by atoms with van der Waals surface area (Å²) in [5, 5.41) is 3.76. The highest BCUT2D eigenvalue weighted by atomic mass is 35.5. The highest BCUT2D eigenvalue weighted by Crippen LogP contribution is 2.42. The van der Waals surface area contributed by atoms with Gasteiger partial charge >= 0.3 is 0 Å². The molecule has 2 heterocycles. The topological polar surface area (TPSA) is 38.3 Å². The van der Waals surface area contributed by atoms with E-state index in [0.717, 1.165) is 11.1 Å². The Labute approximate surface area is 105 Å². The maximum Gasteiger partial charge on any atom is 0.230 e. The van der Waals surface area contributed by atoms with E-state index in [9.17, 15) is 4.79 Å². The highest BCUT2D eigenvalue weighted by Gasteiger charge is 2.51. The van der Waals surface area contributed by atoms with E-state index in [4.69, 9.17) is 16.3 Å². The number of ether oxygens (including phenoxy) is 1. The Bertz CT molecular complexity index is 506. The van der Waals surface area contributed by atoms with Gasteiger partial charge in [-0.15, -0.1) is 0 Å². The molecule has 1 aromatic rings. The number of fused-ring (bicyclic) bond motifs is 2. The van der Waals surface area contributed by atoms with Gasteiger partial charge in [-0.3, -0.25) is 4.79 Å². The lowest BCUT2D eigenvalue weighted by atomic mass is 9.70. The monoisotopic (exact) mass is 251 g/mol. The number of hydrogen-bond acceptors (Lipinski definition) is 2. The first-order valence-corrected chi connectivity index (χ1v) is 6.04. The summed E-state index contributed by atoms with van der Waals surface area (Å²) in [6.45, 7) is 4.93. The fourth-order valence-corrected chi connectivity index (χ4v) is 2.72. The molecule has 0 bridgehead atoms. The average Bonchev–Trinajstić information content (AvgIpc) is 2.22. The molecule has 1 amide bonds. The number of nitrogens with one attached hydrogen (secondary N) is 1. The summed E-state index contributed by atoms with van der Waals surface area (Å²) in [4.78, 5) is 12.2. The number of halogens is 1. The first kappa shape index (κ1) is 11.1. The minimum Gasteiger partial charge on any atom is -0.376 e. The molecule has 0 saturated carbocycles. The lowest BCUT2D eigenvalue weighted by molar-refractivity contribution is -0.141. The van der Waals surface area contributed by atoms with Crippen molar-refractivity contribution in [1.82, 2.24) is 5.32 Å². The maximum absolute atomic E-state index is 12.2. The molecule has 0 radical (unpaired) electrons. The third-order valence-corrected chi connectivity index (χ3v) is 4.02. The molecule has 1 N–H and O–H groups in total. The summed E-state index contributed by atoms with van der Waals surface area (Å²) in [7, 11) is 0. The van der Waals surface area contributed by atoms with Gasteiger partial charge < -0.3 is 10.1 Å². The van der Waals surface area contributed by atoms with Crippen molar-refractivity contribution in [3.63, 3.8) is 0 Å². The zero-order chi connectivity index (χ0) is 12.3. The average molecular weight is 252 g/mol. The molecule has 3 rings (SSSR count). The number of hydrogen-bond donors (Lipinski definition) is 1. The number of amides is 1. The Balaban J connectivity index is 2.24. The van der Waals surface area contributed by atoms with E-state index in [1.165, 1.54) is 0 Å². The lowest BCUT2D eigenvalue weighted by Gasteiger charge is -2.49. The second kappa shape index (κ2) is 3.24. The van der Waals surface area contributed by atoms with Gasteiger partial charge in [0.05, 0.1) is 18.6 Å². The van der Waals surface area contributed by atoms with E-state index in [1.54, 1.807) is 0 Å². The van der Waals surface area contributed by atoms with Gasteiger partial charge in [0.2, 0.25) is 5.91 Å². The molecule has 3 nitrogen and oxygen atoms in total. The second-order valence-corrected chi connectivity index (χ2v) is 5.78. The fraction of sp³-hybridized carbons (Fsp3) is 0.462. The Hall–Kier alpha value is -1.06. The molecule has 2 aliphatic rings. The van der Waals surface area contributed by atoms with E-state index >= 15 is 0 Å². The quantitative estimate of drug-likeness (QED) is 0.766. The van der Waals surface area contributed by atoms with Crippen LogP contribution in [0.1, 0.15) is 25.0 Å². The van der Waals surface area contributed by atoms with Crippen LogP contribution < -0.4 is 5.32 Å². The van der Waals surface area contributed by atoms with Crippen LogP contribution in [0.5, 0.6) is 0 Å². The SMILES string of the molecule is CC1(C)C(=O)NC2(COC2)c2ccc(Cl)cc21. The Morgan fingerprint density at radius 3 is 2.59 bits per heavy atom. The minimum absolute atomic E-state index is 0.0376. The number of carbonyl (C=O) groups is 1. The minimum atomic E-state index is -0.541. The number of carbonyl (C=O) groups excluding carboxylic acids is 1. The zero-order valence-corrected chi connectivity index (χ0v) is 10.6. The van der Waals surface area contributed by atoms with Crippen LogP contribution in [-0.4, -0.2) is 19.1 Å². The van der Waals surface area contributed by atoms with Crippen molar-refractivity contribution in [1.29, 1.82) is 0 Å². The van der Waals surface area contributed by atoms with Crippen LogP contribution in [0.4, 0.5) is 0 Å². The molecule has 0 unspecified atom stereocenters. The van der Waals surface area contributed by atoms with Crippen LogP contribution in [0, 0.1) is 0 Å². The zero-order valence-electron chi connectivity index (χ0n) is 9.84. The predicted molar refractivity (Wildman–Crippen MR) is 65.1 cm³/mol. The standard InChI is InChI=1S/C13H14ClNO2/c1-12(2)10-5-8(14)3-4-9(10)13(6-17-7-13)15-11(12)16/h3-5H,6-7H2,1-2H3,(H,15,16). The van der Waals surface area contributed by atoms with Crippen molar-refractivity contribution >= 4 is 17.5 Å². The van der Waals surface area contributed by atoms with Gasteiger partial charge in [0.25, 0.3) is 0 Å². The molecule has 1 aromatic carbocycles. The van der Waals surface area contributed by atoms with E-state index in [0.29, 0.717) is 18.2 Å². The van der Waals surface area contributed by atoms with Crippen LogP contribution in [0.25, 0.3) is 0 Å². The van der Waals surface area contributed by atoms with Gasteiger partial charge in [0.1, 0.15) is 5.54 Å². The molecule has 0 atom stereocenters. The normalized spacial score (nSPS) is 23.8. The molecule has 17 heavy (non-hydrogen) atoms. The van der Waals surface area contributed by atoms with Gasteiger partial charge in [0.15, 0.2) is 0 Å². The van der Waals surface area contributed by atoms with Crippen molar-refractivity contribution < 1.29 is 9.53 Å². The van der Waals surface area contributed by atoms with Crippen molar-refractivity contribution in [3.8, 4) is 0 Å². The van der Waals surface area contributed by atoms with Gasteiger partial charge in [-0.1, -0.05) is 17.7 Å². The summed E-state index contributed by atoms with van der Waals surface area (Å²) < 4.78 is 5.27. The van der Waals surface area contributed by atoms with Crippen molar-refractivity contribution in [2.45, 2.75) is 24.8 Å². The first-order chi connectivity index (χ1) is 7.96. The Morgan fingerprint density at radius 1 is 1.29 bits per heavy atom. The summed E-state index contributed by atoms with van der Waals surface area (Å²) in [5.41, 5.74) is 1.28. The molecule has 0 aliphatic carbocycles. The van der Waals surface area contributed by atoms with Gasteiger partial charge in [-0.2, -0.15) is 0 Å². The molecular formula is C13H14ClNO2. The van der Waals surface area contributed by atoms with Crippen LogP contribution >= 0.6 is 11.6 Å². The first-order valence-electron chi connectivity index (χ1n) is 5.67. The molecule has 4 heteroatoms. The summed E-state index contributed by atoms with van der Waals surface area (Å²) in [6.07, 6.45) is 0. The molecule has 0 aromatic heterocycles. The Kier molecular flexibility index (Phi) is 2.11. The number of benzene rings is 1. The predicted octanol–water partition coefficient (Wildman–Crippen LogP) is 1.97. The summed E-state index contributed by atoms with van der Waals surface area (Å²) in [6, 6.07) is 5.77. The third kappa shape index (κ3) is 1.36. The highest BCUT2D eigenvalue weighted by molar-refractivity contribution is 6.30. The van der Waals surface area contributed by atoms with Crippen LogP contribution in [-0.2, 0) is 20.5 Å². The van der Waals surface area contributed by atoms with E-state index < -0.39 is 5.41 Å². The molecule has 90 valence electrons. The maximum atomic E-state index is 12.2. The van der Waals surface area contributed by atoms with Crippen LogP contribution in [0.2, 0.25) is 5.02 Å². The fourth-order valence-electron chi connectivity index (χ4n) is 2.55. The molecule has 2 aliphatic heterocycles.